The van der Waals surface area contributed by atoms with Crippen LogP contribution >= 0.6 is 15.9 Å². The number of nitrogens with zero attached hydrogens (tertiary/aromatic N) is 1. The van der Waals surface area contributed by atoms with E-state index in [0.717, 1.165) is 15.7 Å². The summed E-state index contributed by atoms with van der Waals surface area (Å²) in [6, 6.07) is 12.5. The number of anilines is 2. The lowest BCUT2D eigenvalue weighted by atomic mass is 10.2. The summed E-state index contributed by atoms with van der Waals surface area (Å²) in [7, 11) is 0. The van der Waals surface area contributed by atoms with Crippen molar-refractivity contribution in [2.45, 2.75) is 6.92 Å². The van der Waals surface area contributed by atoms with Crippen LogP contribution in [0, 0.1) is 17.0 Å². The second kappa shape index (κ2) is 5.18. The fourth-order valence-electron chi connectivity index (χ4n) is 1.65. The Morgan fingerprint density at radius 3 is 2.67 bits per heavy atom. The van der Waals surface area contributed by atoms with Crippen LogP contribution in [0.15, 0.2) is 46.9 Å². The van der Waals surface area contributed by atoms with Gasteiger partial charge in [0.2, 0.25) is 0 Å². The molecule has 2 rings (SSSR count). The van der Waals surface area contributed by atoms with Crippen molar-refractivity contribution in [1.82, 2.24) is 0 Å². The monoisotopic (exact) mass is 306 g/mol. The number of hydrogen-bond acceptors (Lipinski definition) is 3. The highest BCUT2D eigenvalue weighted by atomic mass is 79.9. The zero-order valence-corrected chi connectivity index (χ0v) is 11.3. The van der Waals surface area contributed by atoms with Gasteiger partial charge in [0.25, 0.3) is 5.69 Å². The zero-order valence-electron chi connectivity index (χ0n) is 9.68. The summed E-state index contributed by atoms with van der Waals surface area (Å²) in [6.07, 6.45) is 0. The predicted octanol–water partition coefficient (Wildman–Crippen LogP) is 4.41. The smallest absolute Gasteiger partial charge is 0.292 e. The van der Waals surface area contributed by atoms with E-state index in [-0.39, 0.29) is 5.69 Å². The average Bonchev–Trinajstić information content (AvgIpc) is 2.28. The largest absolute Gasteiger partial charge is 0.350 e. The van der Waals surface area contributed by atoms with E-state index in [1.54, 1.807) is 12.1 Å². The number of nitrogens with one attached hydrogen (secondary N) is 1. The van der Waals surface area contributed by atoms with Crippen molar-refractivity contribution in [3.05, 3.63) is 62.6 Å². The first-order valence-corrected chi connectivity index (χ1v) is 6.13. The molecule has 1 N–H and O–H groups in total. The van der Waals surface area contributed by atoms with Gasteiger partial charge < -0.3 is 5.32 Å². The number of aryl methyl sites for hydroxylation is 1. The SMILES string of the molecule is Cc1cccc(Nc2cc(Br)ccc2[N+](=O)[O-])c1. The first-order valence-electron chi connectivity index (χ1n) is 5.34. The number of halogens is 1. The summed E-state index contributed by atoms with van der Waals surface area (Å²) in [4.78, 5) is 10.5. The molecule has 0 aliphatic carbocycles. The topological polar surface area (TPSA) is 55.2 Å². The molecule has 0 unspecified atom stereocenters. The van der Waals surface area contributed by atoms with E-state index >= 15 is 0 Å². The molecule has 0 saturated carbocycles. The second-order valence-electron chi connectivity index (χ2n) is 3.91. The third-order valence-electron chi connectivity index (χ3n) is 2.45. The molecule has 0 atom stereocenters. The van der Waals surface area contributed by atoms with E-state index in [1.807, 2.05) is 31.2 Å². The Bertz CT molecular complexity index is 599. The molecule has 92 valence electrons. The molecular formula is C13H11BrN2O2. The van der Waals surface area contributed by atoms with Gasteiger partial charge in [-0.05, 0) is 36.8 Å². The first kappa shape index (κ1) is 12.6. The normalized spacial score (nSPS) is 10.1. The number of nitro benzene ring substituents is 1. The minimum absolute atomic E-state index is 0.0553. The van der Waals surface area contributed by atoms with Crippen LogP contribution in [0.1, 0.15) is 5.56 Å². The van der Waals surface area contributed by atoms with Crippen LogP contribution in [0.4, 0.5) is 17.1 Å². The van der Waals surface area contributed by atoms with Crippen LogP contribution < -0.4 is 5.32 Å². The molecule has 0 amide bonds. The number of benzene rings is 2. The maximum absolute atomic E-state index is 10.9. The third kappa shape index (κ3) is 2.87. The zero-order chi connectivity index (χ0) is 13.1. The van der Waals surface area contributed by atoms with Crippen molar-refractivity contribution in [1.29, 1.82) is 0 Å². The lowest BCUT2D eigenvalue weighted by Gasteiger charge is -2.08. The minimum atomic E-state index is -0.398. The number of rotatable bonds is 3. The van der Waals surface area contributed by atoms with Gasteiger partial charge in [-0.3, -0.25) is 10.1 Å². The van der Waals surface area contributed by atoms with Gasteiger partial charge in [0.1, 0.15) is 5.69 Å². The highest BCUT2D eigenvalue weighted by Gasteiger charge is 2.13. The van der Waals surface area contributed by atoms with Crippen molar-refractivity contribution in [3.8, 4) is 0 Å². The highest BCUT2D eigenvalue weighted by Crippen LogP contribution is 2.30. The maximum Gasteiger partial charge on any atom is 0.292 e. The predicted molar refractivity (Wildman–Crippen MR) is 75.3 cm³/mol. The van der Waals surface area contributed by atoms with Crippen molar-refractivity contribution in [3.63, 3.8) is 0 Å². The summed E-state index contributed by atoms with van der Waals surface area (Å²) in [5.41, 5.74) is 2.45. The molecule has 0 heterocycles. The molecule has 0 spiro atoms. The molecule has 0 fully saturated rings. The van der Waals surface area contributed by atoms with Crippen molar-refractivity contribution >= 4 is 33.0 Å². The van der Waals surface area contributed by atoms with E-state index in [2.05, 4.69) is 21.2 Å². The van der Waals surface area contributed by atoms with E-state index in [1.165, 1.54) is 6.07 Å². The van der Waals surface area contributed by atoms with Crippen molar-refractivity contribution in [2.24, 2.45) is 0 Å². The van der Waals surface area contributed by atoms with E-state index in [0.29, 0.717) is 5.69 Å². The van der Waals surface area contributed by atoms with Crippen LogP contribution in [0.25, 0.3) is 0 Å². The van der Waals surface area contributed by atoms with Gasteiger partial charge in [0.15, 0.2) is 0 Å². The van der Waals surface area contributed by atoms with Gasteiger partial charge >= 0.3 is 0 Å². The molecule has 0 aliphatic rings. The van der Waals surface area contributed by atoms with Crippen LogP contribution in [-0.4, -0.2) is 4.92 Å². The Kier molecular flexibility index (Phi) is 3.62. The molecule has 0 radical (unpaired) electrons. The lowest BCUT2D eigenvalue weighted by Crippen LogP contribution is -1.97. The van der Waals surface area contributed by atoms with Gasteiger partial charge in [0, 0.05) is 16.2 Å². The van der Waals surface area contributed by atoms with E-state index in [9.17, 15) is 10.1 Å². The number of hydrogen-bond donors (Lipinski definition) is 1. The number of nitro groups is 1. The quantitative estimate of drug-likeness (QED) is 0.675. The second-order valence-corrected chi connectivity index (χ2v) is 4.83. The van der Waals surface area contributed by atoms with Crippen LogP contribution in [-0.2, 0) is 0 Å². The van der Waals surface area contributed by atoms with E-state index < -0.39 is 4.92 Å². The molecule has 5 heteroatoms. The summed E-state index contributed by atoms with van der Waals surface area (Å²) in [5, 5.41) is 14.0. The highest BCUT2D eigenvalue weighted by molar-refractivity contribution is 9.10. The Balaban J connectivity index is 2.39. The molecule has 2 aromatic carbocycles. The molecule has 0 bridgehead atoms. The Morgan fingerprint density at radius 1 is 1.22 bits per heavy atom. The Morgan fingerprint density at radius 2 is 2.00 bits per heavy atom. The lowest BCUT2D eigenvalue weighted by molar-refractivity contribution is -0.383. The van der Waals surface area contributed by atoms with Gasteiger partial charge in [-0.25, -0.2) is 0 Å². The van der Waals surface area contributed by atoms with Gasteiger partial charge in [-0.15, -0.1) is 0 Å². The molecular weight excluding hydrogens is 296 g/mol. The van der Waals surface area contributed by atoms with Gasteiger partial charge in [0.05, 0.1) is 4.92 Å². The minimum Gasteiger partial charge on any atom is -0.350 e. The van der Waals surface area contributed by atoms with Crippen LogP contribution in [0.3, 0.4) is 0 Å². The molecule has 2 aromatic rings. The Labute approximate surface area is 113 Å². The molecule has 0 saturated heterocycles. The van der Waals surface area contributed by atoms with Gasteiger partial charge in [-0.1, -0.05) is 28.1 Å². The first-order chi connectivity index (χ1) is 8.56. The fraction of sp³-hybridized carbons (Fsp3) is 0.0769. The van der Waals surface area contributed by atoms with Crippen LogP contribution in [0.5, 0.6) is 0 Å². The molecule has 18 heavy (non-hydrogen) atoms. The Hall–Kier alpha value is -1.88. The molecule has 4 nitrogen and oxygen atoms in total. The van der Waals surface area contributed by atoms with Crippen LogP contribution in [0.2, 0.25) is 0 Å². The summed E-state index contributed by atoms with van der Waals surface area (Å²) >= 11 is 3.31. The fourth-order valence-corrected chi connectivity index (χ4v) is 2.01. The van der Waals surface area contributed by atoms with Crippen molar-refractivity contribution in [2.75, 3.05) is 5.32 Å². The maximum atomic E-state index is 10.9. The summed E-state index contributed by atoms with van der Waals surface area (Å²) < 4.78 is 0.795. The molecule has 0 aliphatic heterocycles. The summed E-state index contributed by atoms with van der Waals surface area (Å²) in [6.45, 7) is 1.97. The standard InChI is InChI=1S/C13H11BrN2O2/c1-9-3-2-4-11(7-9)15-12-8-10(14)5-6-13(12)16(17)18/h2-8,15H,1H3. The van der Waals surface area contributed by atoms with E-state index in [4.69, 9.17) is 0 Å². The van der Waals surface area contributed by atoms with Crippen molar-refractivity contribution < 1.29 is 4.92 Å². The summed E-state index contributed by atoms with van der Waals surface area (Å²) in [5.74, 6) is 0. The molecule has 0 aromatic heterocycles. The van der Waals surface area contributed by atoms with Gasteiger partial charge in [-0.2, -0.15) is 0 Å². The third-order valence-corrected chi connectivity index (χ3v) is 2.95. The average molecular weight is 307 g/mol.